The second-order valence-corrected chi connectivity index (χ2v) is 13.6. The molecule has 0 saturated carbocycles. The Morgan fingerprint density at radius 2 is 1.40 bits per heavy atom. The topological polar surface area (TPSA) is 111 Å². The number of anilines is 1. The lowest BCUT2D eigenvalue weighted by Crippen LogP contribution is -2.35. The number of nitrogens with one attached hydrogen (secondary N) is 1. The van der Waals surface area contributed by atoms with E-state index in [2.05, 4.69) is 17.2 Å². The number of amides is 2. The molecule has 2 amide bonds. The first kappa shape index (κ1) is 36.9. The molecular weight excluding hydrogens is 693 g/mol. The lowest BCUT2D eigenvalue weighted by atomic mass is 9.96. The smallest absolute Gasteiger partial charge is 0.305 e. The van der Waals surface area contributed by atoms with Crippen LogP contribution in [0.1, 0.15) is 72.8 Å². The molecule has 0 saturated heterocycles. The zero-order valence-electron chi connectivity index (χ0n) is 30.8. The van der Waals surface area contributed by atoms with Crippen molar-refractivity contribution in [2.45, 2.75) is 51.5 Å². The van der Waals surface area contributed by atoms with Crippen molar-refractivity contribution in [3.63, 3.8) is 0 Å². The fourth-order valence-electron chi connectivity index (χ4n) is 6.86. The number of carbonyl (C=O) groups is 3. The van der Waals surface area contributed by atoms with Gasteiger partial charge in [0.15, 0.2) is 5.43 Å². The van der Waals surface area contributed by atoms with Gasteiger partial charge in [-0.3, -0.25) is 19.2 Å². The van der Waals surface area contributed by atoms with Gasteiger partial charge in [0.05, 0.1) is 32.6 Å². The quantitative estimate of drug-likeness (QED) is 0.0663. The molecule has 1 aliphatic carbocycles. The van der Waals surface area contributed by atoms with Gasteiger partial charge >= 0.3 is 5.97 Å². The monoisotopic (exact) mass is 734 g/mol. The lowest BCUT2D eigenvalue weighted by molar-refractivity contribution is -0.143. The van der Waals surface area contributed by atoms with Gasteiger partial charge in [-0.25, -0.2) is 0 Å². The molecule has 9 nitrogen and oxygen atoms in total. The summed E-state index contributed by atoms with van der Waals surface area (Å²) < 4.78 is 16.8. The summed E-state index contributed by atoms with van der Waals surface area (Å²) in [6, 6.07) is 26.9. The summed E-state index contributed by atoms with van der Waals surface area (Å²) in [6.45, 7) is 1.42. The number of para-hydroxylation sites is 1. The van der Waals surface area contributed by atoms with Crippen LogP contribution in [-0.4, -0.2) is 44.7 Å². The summed E-state index contributed by atoms with van der Waals surface area (Å²) in [5.41, 5.74) is 8.70. The van der Waals surface area contributed by atoms with Gasteiger partial charge in [-0.2, -0.15) is 0 Å². The molecule has 0 fully saturated rings. The fraction of sp³-hybridized carbons (Fsp3) is 0.261. The number of hydrogen-bond donors (Lipinski definition) is 1. The number of nitrogens with zero attached hydrogens (tertiary/aromatic N) is 1. The highest BCUT2D eigenvalue weighted by Gasteiger charge is 2.29. The molecule has 0 unspecified atom stereocenters. The predicted molar refractivity (Wildman–Crippen MR) is 213 cm³/mol. The largest absolute Gasteiger partial charge is 0.497 e. The third-order valence-corrected chi connectivity index (χ3v) is 9.84. The van der Waals surface area contributed by atoms with Crippen LogP contribution in [0.5, 0.6) is 11.5 Å². The van der Waals surface area contributed by atoms with Gasteiger partial charge in [-0.1, -0.05) is 54.3 Å². The minimum Gasteiger partial charge on any atom is -0.497 e. The maximum Gasteiger partial charge on any atom is 0.305 e. The number of unbranched alkanes of at least 4 members (excludes halogenated alkanes) is 2. The van der Waals surface area contributed by atoms with E-state index in [1.54, 1.807) is 12.0 Å². The average Bonchev–Trinajstić information content (AvgIpc) is 3.85. The second-order valence-electron chi connectivity index (χ2n) is 13.6. The number of ether oxygens (including phenoxy) is 3. The van der Waals surface area contributed by atoms with Gasteiger partial charge in [0.1, 0.15) is 11.5 Å². The zero-order chi connectivity index (χ0) is 38.1. The maximum absolute atomic E-state index is 13.3. The molecule has 2 aliphatic rings. The van der Waals surface area contributed by atoms with E-state index in [0.717, 1.165) is 80.1 Å². The van der Waals surface area contributed by atoms with Crippen molar-refractivity contribution in [1.82, 2.24) is 5.32 Å². The Bertz CT molecular complexity index is 2340. The Labute approximate surface area is 320 Å². The number of fused-ring (bicyclic) bond motifs is 7. The first-order valence-electron chi connectivity index (χ1n) is 18.7. The van der Waals surface area contributed by atoms with Crippen LogP contribution >= 0.6 is 0 Å². The molecule has 0 spiro atoms. The van der Waals surface area contributed by atoms with Crippen LogP contribution < -0.4 is 25.1 Å². The molecule has 278 valence electrons. The number of esters is 1. The summed E-state index contributed by atoms with van der Waals surface area (Å²) >= 11 is 0. The van der Waals surface area contributed by atoms with Gasteiger partial charge < -0.3 is 24.4 Å². The van der Waals surface area contributed by atoms with E-state index in [0.29, 0.717) is 32.6 Å². The van der Waals surface area contributed by atoms with Crippen LogP contribution in [0.4, 0.5) is 5.69 Å². The normalized spacial score (nSPS) is 12.8. The van der Waals surface area contributed by atoms with E-state index in [1.165, 1.54) is 0 Å². The standard InChI is InChI=1S/C46H42N2O7/c1-53-36-20-22-38-33(28-36)18-19-34-29-37(21-23-39(34)45-44(38)46(45)52)54-26-7-2-8-27-55-43(51)15-9-14-41(49)47-25-24-42(50)48-30-35-12-4-3-10-31(35)16-17-32-11-5-6-13-40(32)48/h3-6,10-13,18-23,28-29H,2,7-9,14-15,24-27,30H2,1H3,(H,47,49)/b19-18-,33-18?,34-19?,44-38?,45-39?. The molecule has 1 N–H and O–H groups in total. The second kappa shape index (κ2) is 17.2. The molecule has 0 bridgehead atoms. The third kappa shape index (κ3) is 8.88. The highest BCUT2D eigenvalue weighted by molar-refractivity contribution is 6.02. The molecule has 5 aromatic carbocycles. The summed E-state index contributed by atoms with van der Waals surface area (Å²) in [5, 5.41) is 2.81. The lowest BCUT2D eigenvalue weighted by Gasteiger charge is -2.26. The Kier molecular flexibility index (Phi) is 11.5. The minimum absolute atomic E-state index is 0.0750. The highest BCUT2D eigenvalue weighted by Crippen LogP contribution is 2.42. The Morgan fingerprint density at radius 3 is 2.18 bits per heavy atom. The van der Waals surface area contributed by atoms with Gasteiger partial charge in [0, 0.05) is 48.1 Å². The van der Waals surface area contributed by atoms with E-state index in [4.69, 9.17) is 14.2 Å². The van der Waals surface area contributed by atoms with Crippen molar-refractivity contribution in [3.05, 3.63) is 123 Å². The predicted octanol–water partition coefficient (Wildman–Crippen LogP) is 7.46. The average molecular weight is 735 g/mol. The van der Waals surface area contributed by atoms with Gasteiger partial charge in [-0.15, -0.1) is 0 Å². The summed E-state index contributed by atoms with van der Waals surface area (Å²) in [4.78, 5) is 52.5. The minimum atomic E-state index is -0.333. The number of methoxy groups -OCH3 is 1. The van der Waals surface area contributed by atoms with Crippen LogP contribution in [0.3, 0.4) is 0 Å². The number of benzene rings is 4. The molecule has 5 aromatic rings. The summed E-state index contributed by atoms with van der Waals surface area (Å²) in [6.07, 6.45) is 7.16. The van der Waals surface area contributed by atoms with Crippen LogP contribution in [-0.2, 0) is 25.7 Å². The number of carbonyl (C=O) groups excluding carboxylic acids is 3. The van der Waals surface area contributed by atoms with Crippen molar-refractivity contribution < 1.29 is 28.6 Å². The highest BCUT2D eigenvalue weighted by atomic mass is 16.5. The van der Waals surface area contributed by atoms with Crippen LogP contribution in [0.2, 0.25) is 0 Å². The third-order valence-electron chi connectivity index (χ3n) is 9.84. The number of rotatable bonds is 15. The molecule has 0 radical (unpaired) electrons. The van der Waals surface area contributed by atoms with E-state index < -0.39 is 0 Å². The van der Waals surface area contributed by atoms with Crippen LogP contribution in [0.25, 0.3) is 34.4 Å². The van der Waals surface area contributed by atoms with E-state index in [1.807, 2.05) is 97.1 Å². The molecule has 1 heterocycles. The van der Waals surface area contributed by atoms with Crippen LogP contribution in [0.15, 0.2) is 89.7 Å². The van der Waals surface area contributed by atoms with Gasteiger partial charge in [-0.05, 0) is 108 Å². The van der Waals surface area contributed by atoms with E-state index >= 15 is 0 Å². The zero-order valence-corrected chi connectivity index (χ0v) is 30.8. The van der Waals surface area contributed by atoms with Crippen LogP contribution in [0, 0.1) is 11.8 Å². The molecule has 7 rings (SSSR count). The van der Waals surface area contributed by atoms with Gasteiger partial charge in [0.2, 0.25) is 11.8 Å². The number of hydrogen-bond acceptors (Lipinski definition) is 7. The molecule has 0 atom stereocenters. The Balaban J connectivity index is 0.767. The van der Waals surface area contributed by atoms with Crippen molar-refractivity contribution in [1.29, 1.82) is 0 Å². The van der Waals surface area contributed by atoms with E-state index in [9.17, 15) is 19.2 Å². The van der Waals surface area contributed by atoms with Crippen molar-refractivity contribution in [3.8, 4) is 45.6 Å². The Hall–Kier alpha value is -6.40. The maximum atomic E-state index is 13.3. The fourth-order valence-corrected chi connectivity index (χ4v) is 6.86. The van der Waals surface area contributed by atoms with Crippen molar-refractivity contribution in [2.24, 2.45) is 0 Å². The molecule has 55 heavy (non-hydrogen) atoms. The van der Waals surface area contributed by atoms with Crippen molar-refractivity contribution in [2.75, 3.05) is 31.8 Å². The van der Waals surface area contributed by atoms with Gasteiger partial charge in [0.25, 0.3) is 0 Å². The van der Waals surface area contributed by atoms with Crippen molar-refractivity contribution >= 4 is 35.6 Å². The Morgan fingerprint density at radius 1 is 0.727 bits per heavy atom. The first-order valence-corrected chi connectivity index (χ1v) is 18.7. The molecule has 9 heteroatoms. The molecule has 1 aliphatic heterocycles. The summed E-state index contributed by atoms with van der Waals surface area (Å²) in [5.74, 6) is 7.23. The SMILES string of the molecule is COc1ccc2c(c1)/C=C\c1cc(OCCCCCOC(=O)CCCC(=O)NCCC(=O)N3Cc4ccccc4C#Cc4ccccc43)ccc1-c1c-2c1=O. The summed E-state index contributed by atoms with van der Waals surface area (Å²) in [7, 11) is 1.63. The molecular formula is C46H42N2O7. The molecule has 0 aromatic heterocycles. The van der Waals surface area contributed by atoms with E-state index in [-0.39, 0.29) is 49.0 Å². The first-order chi connectivity index (χ1) is 26.9.